The average Bonchev–Trinajstić information content (AvgIpc) is 2.97. The molecule has 2 N–H and O–H groups in total. The van der Waals surface area contributed by atoms with Crippen molar-refractivity contribution in [3.8, 4) is 0 Å². The van der Waals surface area contributed by atoms with E-state index in [2.05, 4.69) is 97.1 Å². The Morgan fingerprint density at radius 3 is 1.23 bits per heavy atom. The zero-order chi connectivity index (χ0) is 27.1. The van der Waals surface area contributed by atoms with Crippen LogP contribution in [0.1, 0.15) is 33.4 Å². The highest BCUT2D eigenvalue weighted by Crippen LogP contribution is 2.34. The number of aliphatic hydroxyl groups is 2. The first-order valence-corrected chi connectivity index (χ1v) is 16.7. The van der Waals surface area contributed by atoms with Gasteiger partial charge in [-0.3, -0.25) is 0 Å². The molecule has 0 aliphatic rings. The first-order chi connectivity index (χ1) is 19.2. The second-order valence-electron chi connectivity index (χ2n) is 9.48. The van der Waals surface area contributed by atoms with Gasteiger partial charge < -0.3 is 10.2 Å². The minimum Gasteiger partial charge on any atom is -0.396 e. The Balaban J connectivity index is 1.39. The predicted octanol–water partition coefficient (Wildman–Crippen LogP) is 7.56. The van der Waals surface area contributed by atoms with Gasteiger partial charge in [-0.2, -0.15) is 23.5 Å². The maximum Gasteiger partial charge on any atom is 0.0521 e. The molecule has 0 atom stereocenters. The molecule has 0 heterocycles. The molecule has 5 heteroatoms. The Hall–Kier alpha value is -2.15. The molecule has 0 aromatic heterocycles. The molecule has 0 fully saturated rings. The molecule has 0 unspecified atom stereocenters. The highest BCUT2D eigenvalue weighted by atomic mass is 32.2. The van der Waals surface area contributed by atoms with E-state index >= 15 is 0 Å². The van der Waals surface area contributed by atoms with E-state index in [9.17, 15) is 0 Å². The SMILES string of the molecule is OCCSCCc1ccc(Cc2ccccc2Sc2ccccc2Cc2ccc(CCSCCO)cc2)cc1. The van der Waals surface area contributed by atoms with Gasteiger partial charge in [0.2, 0.25) is 0 Å². The van der Waals surface area contributed by atoms with Gasteiger partial charge in [-0.1, -0.05) is 96.7 Å². The van der Waals surface area contributed by atoms with Crippen LogP contribution in [0.4, 0.5) is 0 Å². The van der Waals surface area contributed by atoms with Crippen LogP contribution in [0.25, 0.3) is 0 Å². The third-order valence-corrected chi connectivity index (χ3v) is 9.71. The van der Waals surface area contributed by atoms with Crippen molar-refractivity contribution in [2.24, 2.45) is 0 Å². The number of aliphatic hydroxyl groups excluding tert-OH is 2. The standard InChI is InChI=1S/C34H38O2S3/c35-19-23-37-21-17-27-9-13-29(14-10-27)25-31-5-1-3-7-33(31)39-34-8-4-2-6-32(34)26-30-15-11-28(12-16-30)18-22-38-24-20-36/h1-16,35-36H,17-26H2. The van der Waals surface area contributed by atoms with Crippen molar-refractivity contribution < 1.29 is 10.2 Å². The van der Waals surface area contributed by atoms with Crippen molar-refractivity contribution in [3.05, 3.63) is 130 Å². The van der Waals surface area contributed by atoms with E-state index in [0.29, 0.717) is 0 Å². The quantitative estimate of drug-likeness (QED) is 0.135. The highest BCUT2D eigenvalue weighted by Gasteiger charge is 2.10. The summed E-state index contributed by atoms with van der Waals surface area (Å²) in [5.41, 5.74) is 8.08. The molecule has 0 aliphatic carbocycles. The van der Waals surface area contributed by atoms with Gasteiger partial charge in [0.25, 0.3) is 0 Å². The fourth-order valence-corrected chi connectivity index (χ4v) is 6.92. The van der Waals surface area contributed by atoms with Crippen LogP contribution in [0.2, 0.25) is 0 Å². The second-order valence-corrected chi connectivity index (χ2v) is 13.0. The zero-order valence-electron chi connectivity index (χ0n) is 22.4. The van der Waals surface area contributed by atoms with Crippen LogP contribution in [0.15, 0.2) is 107 Å². The van der Waals surface area contributed by atoms with E-state index in [1.165, 1.54) is 43.2 Å². The normalized spacial score (nSPS) is 11.1. The molecule has 4 aromatic carbocycles. The lowest BCUT2D eigenvalue weighted by Crippen LogP contribution is -1.96. The van der Waals surface area contributed by atoms with E-state index in [0.717, 1.165) is 48.7 Å². The van der Waals surface area contributed by atoms with Crippen LogP contribution in [0.5, 0.6) is 0 Å². The molecular formula is C34H38O2S3. The van der Waals surface area contributed by atoms with Crippen molar-refractivity contribution in [3.63, 3.8) is 0 Å². The number of thioether (sulfide) groups is 2. The first-order valence-electron chi connectivity index (χ1n) is 13.6. The number of hydrogen-bond acceptors (Lipinski definition) is 5. The molecule has 0 saturated carbocycles. The summed E-state index contributed by atoms with van der Waals surface area (Å²) in [6, 6.07) is 35.6. The molecule has 2 nitrogen and oxygen atoms in total. The van der Waals surface area contributed by atoms with Crippen LogP contribution < -0.4 is 0 Å². The van der Waals surface area contributed by atoms with Crippen molar-refractivity contribution in [2.75, 3.05) is 36.2 Å². The summed E-state index contributed by atoms with van der Waals surface area (Å²) in [4.78, 5) is 2.62. The molecule has 39 heavy (non-hydrogen) atoms. The highest BCUT2D eigenvalue weighted by molar-refractivity contribution is 7.99. The monoisotopic (exact) mass is 574 g/mol. The van der Waals surface area contributed by atoms with E-state index in [1.54, 1.807) is 23.5 Å². The lowest BCUT2D eigenvalue weighted by molar-refractivity contribution is 0.322. The lowest BCUT2D eigenvalue weighted by Gasteiger charge is -2.13. The first kappa shape index (κ1) is 29.8. The smallest absolute Gasteiger partial charge is 0.0521 e. The zero-order valence-corrected chi connectivity index (χ0v) is 24.9. The van der Waals surface area contributed by atoms with Crippen LogP contribution >= 0.6 is 35.3 Å². The molecule has 204 valence electrons. The van der Waals surface area contributed by atoms with Gasteiger partial charge in [0.05, 0.1) is 13.2 Å². The van der Waals surface area contributed by atoms with Gasteiger partial charge in [-0.15, -0.1) is 0 Å². The summed E-state index contributed by atoms with van der Waals surface area (Å²) in [7, 11) is 0. The Kier molecular flexibility index (Phi) is 12.9. The predicted molar refractivity (Wildman–Crippen MR) is 172 cm³/mol. The molecule has 0 bridgehead atoms. The fourth-order valence-electron chi connectivity index (χ4n) is 4.42. The molecule has 0 amide bonds. The van der Waals surface area contributed by atoms with Gasteiger partial charge in [-0.25, -0.2) is 0 Å². The molecule has 4 rings (SSSR count). The second kappa shape index (κ2) is 16.8. The summed E-state index contributed by atoms with van der Waals surface area (Å²) < 4.78 is 0. The number of rotatable bonds is 16. The van der Waals surface area contributed by atoms with Gasteiger partial charge in [0, 0.05) is 21.3 Å². The maximum absolute atomic E-state index is 8.95. The van der Waals surface area contributed by atoms with Gasteiger partial charge in [0.1, 0.15) is 0 Å². The molecule has 0 radical (unpaired) electrons. The van der Waals surface area contributed by atoms with Gasteiger partial charge in [-0.05, 0) is 82.7 Å². The largest absolute Gasteiger partial charge is 0.396 e. The van der Waals surface area contributed by atoms with Crippen LogP contribution in [0, 0.1) is 0 Å². The summed E-state index contributed by atoms with van der Waals surface area (Å²) in [5.74, 6) is 3.73. The summed E-state index contributed by atoms with van der Waals surface area (Å²) >= 11 is 5.48. The lowest BCUT2D eigenvalue weighted by atomic mass is 10.0. The van der Waals surface area contributed by atoms with Crippen molar-refractivity contribution in [2.45, 2.75) is 35.5 Å². The van der Waals surface area contributed by atoms with Crippen LogP contribution in [0.3, 0.4) is 0 Å². The number of aryl methyl sites for hydroxylation is 2. The number of benzene rings is 4. The van der Waals surface area contributed by atoms with E-state index in [-0.39, 0.29) is 13.2 Å². The average molecular weight is 575 g/mol. The van der Waals surface area contributed by atoms with Crippen molar-refractivity contribution in [1.82, 2.24) is 0 Å². The molecule has 4 aromatic rings. The topological polar surface area (TPSA) is 40.5 Å². The van der Waals surface area contributed by atoms with Gasteiger partial charge in [0.15, 0.2) is 0 Å². The minimum atomic E-state index is 0.255. The Labute approximate surface area is 246 Å². The van der Waals surface area contributed by atoms with E-state index in [4.69, 9.17) is 10.2 Å². The summed E-state index contributed by atoms with van der Waals surface area (Å²) in [6.45, 7) is 0.510. The van der Waals surface area contributed by atoms with E-state index < -0.39 is 0 Å². The van der Waals surface area contributed by atoms with Crippen molar-refractivity contribution >= 4 is 35.3 Å². The Morgan fingerprint density at radius 1 is 0.436 bits per heavy atom. The Bertz CT molecular complexity index is 1160. The summed E-state index contributed by atoms with van der Waals surface area (Å²) in [6.07, 6.45) is 3.92. The Morgan fingerprint density at radius 2 is 0.821 bits per heavy atom. The molecular weight excluding hydrogens is 537 g/mol. The molecule has 0 saturated heterocycles. The third kappa shape index (κ3) is 10.1. The van der Waals surface area contributed by atoms with E-state index in [1.807, 2.05) is 11.8 Å². The molecule has 0 spiro atoms. The van der Waals surface area contributed by atoms with Crippen LogP contribution in [-0.2, 0) is 25.7 Å². The fraction of sp³-hybridized carbons (Fsp3) is 0.294. The third-order valence-electron chi connectivity index (χ3n) is 6.54. The molecule has 0 aliphatic heterocycles. The number of hydrogen-bond donors (Lipinski definition) is 2. The maximum atomic E-state index is 8.95. The minimum absolute atomic E-state index is 0.255. The summed E-state index contributed by atoms with van der Waals surface area (Å²) in [5, 5.41) is 17.9. The van der Waals surface area contributed by atoms with Crippen LogP contribution in [-0.4, -0.2) is 46.4 Å². The van der Waals surface area contributed by atoms with Crippen molar-refractivity contribution in [1.29, 1.82) is 0 Å². The van der Waals surface area contributed by atoms with Gasteiger partial charge >= 0.3 is 0 Å².